The van der Waals surface area contributed by atoms with E-state index in [0.717, 1.165) is 32.5 Å². The van der Waals surface area contributed by atoms with Crippen molar-refractivity contribution in [2.24, 2.45) is 0 Å². The van der Waals surface area contributed by atoms with Crippen LogP contribution >= 0.6 is 0 Å². The summed E-state index contributed by atoms with van der Waals surface area (Å²) < 4.78 is 5.68. The average molecular weight is 411 g/mol. The van der Waals surface area contributed by atoms with Gasteiger partial charge in [0.15, 0.2) is 11.6 Å². The molecule has 0 bridgehead atoms. The highest BCUT2D eigenvalue weighted by Crippen LogP contribution is 2.34. The van der Waals surface area contributed by atoms with E-state index in [4.69, 9.17) is 10.5 Å². The Bertz CT molecular complexity index is 897. The fraction of sp³-hybridized carbons (Fsp3) is 0.500. The number of ether oxygens (including phenoxy) is 1. The van der Waals surface area contributed by atoms with Gasteiger partial charge in [0, 0.05) is 13.1 Å². The molecule has 160 valence electrons. The number of amides is 1. The Morgan fingerprint density at radius 1 is 1.13 bits per heavy atom. The zero-order valence-electron chi connectivity index (χ0n) is 17.6. The first-order chi connectivity index (χ1) is 14.6. The minimum absolute atomic E-state index is 0.116. The van der Waals surface area contributed by atoms with E-state index >= 15 is 0 Å². The van der Waals surface area contributed by atoms with Gasteiger partial charge in [-0.2, -0.15) is 9.97 Å². The molecule has 1 saturated heterocycles. The van der Waals surface area contributed by atoms with Gasteiger partial charge in [-0.05, 0) is 43.5 Å². The van der Waals surface area contributed by atoms with E-state index in [-0.39, 0.29) is 24.3 Å². The van der Waals surface area contributed by atoms with Gasteiger partial charge in [-0.1, -0.05) is 37.6 Å². The third-order valence-corrected chi connectivity index (χ3v) is 5.60. The van der Waals surface area contributed by atoms with Crippen molar-refractivity contribution in [3.8, 4) is 6.01 Å². The molecule has 8 nitrogen and oxygen atoms in total. The number of aromatic nitrogens is 2. The lowest BCUT2D eigenvalue weighted by Gasteiger charge is -2.31. The minimum Gasteiger partial charge on any atom is -0.463 e. The predicted molar refractivity (Wildman–Crippen MR) is 117 cm³/mol. The Kier molecular flexibility index (Phi) is 6.32. The number of nitrogen functional groups attached to an aromatic ring is 1. The van der Waals surface area contributed by atoms with E-state index in [1.165, 1.54) is 24.0 Å². The van der Waals surface area contributed by atoms with Crippen molar-refractivity contribution in [1.29, 1.82) is 0 Å². The number of hydrogen-bond acceptors (Lipinski definition) is 7. The number of benzene rings is 1. The van der Waals surface area contributed by atoms with Crippen molar-refractivity contribution in [1.82, 2.24) is 14.9 Å². The van der Waals surface area contributed by atoms with Crippen molar-refractivity contribution in [2.75, 3.05) is 42.2 Å². The Balaban J connectivity index is 1.59. The molecule has 2 aliphatic rings. The molecular weight excluding hydrogens is 380 g/mol. The van der Waals surface area contributed by atoms with Crippen molar-refractivity contribution in [2.45, 2.75) is 45.7 Å². The van der Waals surface area contributed by atoms with Gasteiger partial charge in [0.25, 0.3) is 0 Å². The van der Waals surface area contributed by atoms with Crippen LogP contribution in [-0.4, -0.2) is 47.0 Å². The summed E-state index contributed by atoms with van der Waals surface area (Å²) in [4.78, 5) is 25.6. The van der Waals surface area contributed by atoms with Gasteiger partial charge in [0.05, 0.1) is 13.2 Å². The smallest absolute Gasteiger partial charge is 0.320 e. The first-order valence-corrected chi connectivity index (χ1v) is 10.8. The molecule has 1 aromatic heterocycles. The third kappa shape index (κ3) is 4.64. The van der Waals surface area contributed by atoms with Crippen LogP contribution in [0.4, 0.5) is 17.3 Å². The summed E-state index contributed by atoms with van der Waals surface area (Å²) in [6.45, 7) is 6.66. The predicted octanol–water partition coefficient (Wildman–Crippen LogP) is 2.79. The number of likely N-dealkylation sites (tertiary alicyclic amines) is 1. The largest absolute Gasteiger partial charge is 0.463 e. The summed E-state index contributed by atoms with van der Waals surface area (Å²) in [6.07, 6.45) is 4.47. The Labute approximate surface area is 177 Å². The van der Waals surface area contributed by atoms with Crippen LogP contribution in [-0.2, 0) is 17.9 Å². The lowest BCUT2D eigenvalue weighted by Crippen LogP contribution is -2.39. The summed E-state index contributed by atoms with van der Waals surface area (Å²) in [5.74, 6) is 0.731. The maximum atomic E-state index is 12.3. The lowest BCUT2D eigenvalue weighted by molar-refractivity contribution is -0.115. The number of nitrogens with two attached hydrogens (primary N) is 1. The number of hydrogen-bond donors (Lipinski definition) is 2. The molecule has 4 rings (SSSR count). The topological polar surface area (TPSA) is 96.6 Å². The number of anilines is 3. The van der Waals surface area contributed by atoms with Gasteiger partial charge in [-0.25, -0.2) is 0 Å². The van der Waals surface area contributed by atoms with E-state index in [0.29, 0.717) is 24.7 Å². The van der Waals surface area contributed by atoms with Crippen molar-refractivity contribution < 1.29 is 9.53 Å². The highest BCUT2D eigenvalue weighted by atomic mass is 16.5. The van der Waals surface area contributed by atoms with Crippen LogP contribution in [0.5, 0.6) is 6.01 Å². The van der Waals surface area contributed by atoms with Crippen LogP contribution in [0, 0.1) is 0 Å². The third-order valence-electron chi connectivity index (χ3n) is 5.60. The standard InChI is InChI=1S/C22H30N6O2/c1-2-3-12-30-22-25-20(23)19-21(26-22)28(15-18(29)24-19)14-17-9-5-4-8-16(17)13-27-10-6-7-11-27/h4-5,8-9H,2-3,6-7,10-15H2,1H3,(H,24,29)(H2,23,25,26). The van der Waals surface area contributed by atoms with Crippen LogP contribution in [0.15, 0.2) is 24.3 Å². The second-order valence-corrected chi connectivity index (χ2v) is 7.95. The number of nitrogens with zero attached hydrogens (tertiary/aromatic N) is 4. The number of nitrogens with one attached hydrogen (secondary N) is 1. The normalized spacial score (nSPS) is 16.4. The molecule has 3 heterocycles. The molecule has 0 saturated carbocycles. The molecule has 3 N–H and O–H groups in total. The van der Waals surface area contributed by atoms with Gasteiger partial charge in [0.2, 0.25) is 5.91 Å². The molecule has 1 aromatic carbocycles. The quantitative estimate of drug-likeness (QED) is 0.646. The highest BCUT2D eigenvalue weighted by molar-refractivity contribution is 6.03. The zero-order chi connectivity index (χ0) is 20.9. The van der Waals surface area contributed by atoms with Crippen LogP contribution in [0.25, 0.3) is 0 Å². The lowest BCUT2D eigenvalue weighted by atomic mass is 10.1. The second-order valence-electron chi connectivity index (χ2n) is 7.95. The fourth-order valence-electron chi connectivity index (χ4n) is 3.98. The molecule has 0 spiro atoms. The van der Waals surface area contributed by atoms with E-state index < -0.39 is 0 Å². The van der Waals surface area contributed by atoms with E-state index in [1.54, 1.807) is 0 Å². The summed E-state index contributed by atoms with van der Waals surface area (Å²) in [5, 5.41) is 2.82. The van der Waals surface area contributed by atoms with Crippen LogP contribution < -0.4 is 20.7 Å². The van der Waals surface area contributed by atoms with Gasteiger partial charge >= 0.3 is 6.01 Å². The van der Waals surface area contributed by atoms with E-state index in [2.05, 4.69) is 45.3 Å². The average Bonchev–Trinajstić information content (AvgIpc) is 3.24. The maximum absolute atomic E-state index is 12.3. The van der Waals surface area contributed by atoms with Crippen LogP contribution in [0.2, 0.25) is 0 Å². The molecule has 2 aromatic rings. The van der Waals surface area contributed by atoms with E-state index in [9.17, 15) is 4.79 Å². The Morgan fingerprint density at radius 3 is 2.60 bits per heavy atom. The Morgan fingerprint density at radius 2 is 1.87 bits per heavy atom. The summed E-state index contributed by atoms with van der Waals surface area (Å²) >= 11 is 0. The highest BCUT2D eigenvalue weighted by Gasteiger charge is 2.28. The molecule has 2 aliphatic heterocycles. The molecule has 8 heteroatoms. The number of rotatable bonds is 8. The molecule has 0 radical (unpaired) electrons. The van der Waals surface area contributed by atoms with Crippen LogP contribution in [0.3, 0.4) is 0 Å². The molecule has 1 fully saturated rings. The SMILES string of the molecule is CCCCOc1nc(N)c2c(n1)N(Cc1ccccc1CN1CCCC1)CC(=O)N2. The van der Waals surface area contributed by atoms with E-state index in [1.807, 2.05) is 11.0 Å². The fourth-order valence-corrected chi connectivity index (χ4v) is 3.98. The maximum Gasteiger partial charge on any atom is 0.320 e. The molecular formula is C22H30N6O2. The monoisotopic (exact) mass is 410 g/mol. The number of fused-ring (bicyclic) bond motifs is 1. The first-order valence-electron chi connectivity index (χ1n) is 10.8. The van der Waals surface area contributed by atoms with Crippen molar-refractivity contribution >= 4 is 23.2 Å². The summed E-state index contributed by atoms with van der Waals surface area (Å²) in [6, 6.07) is 8.67. The first kappa shape index (κ1) is 20.4. The van der Waals surface area contributed by atoms with Crippen molar-refractivity contribution in [3.05, 3.63) is 35.4 Å². The number of unbranched alkanes of at least 4 members (excludes halogenated alkanes) is 1. The molecule has 0 atom stereocenters. The molecule has 30 heavy (non-hydrogen) atoms. The Hall–Kier alpha value is -2.87. The number of carbonyl (C=O) groups excluding carboxylic acids is 1. The molecule has 0 aliphatic carbocycles. The minimum atomic E-state index is -0.116. The van der Waals surface area contributed by atoms with Gasteiger partial charge < -0.3 is 20.7 Å². The molecule has 1 amide bonds. The summed E-state index contributed by atoms with van der Waals surface area (Å²) in [7, 11) is 0. The van der Waals surface area contributed by atoms with Gasteiger partial charge in [-0.3, -0.25) is 9.69 Å². The summed E-state index contributed by atoms with van der Waals surface area (Å²) in [5.41, 5.74) is 9.06. The second kappa shape index (κ2) is 9.30. The van der Waals surface area contributed by atoms with Crippen LogP contribution in [0.1, 0.15) is 43.7 Å². The van der Waals surface area contributed by atoms with Gasteiger partial charge in [-0.15, -0.1) is 0 Å². The number of carbonyl (C=O) groups is 1. The van der Waals surface area contributed by atoms with Gasteiger partial charge in [0.1, 0.15) is 5.69 Å². The molecule has 0 unspecified atom stereocenters. The zero-order valence-corrected chi connectivity index (χ0v) is 17.6. The van der Waals surface area contributed by atoms with Crippen molar-refractivity contribution in [3.63, 3.8) is 0 Å².